The number of fused-ring (bicyclic) bond motifs is 5. The fourth-order valence-electron chi connectivity index (χ4n) is 9.30. The zero-order valence-electron chi connectivity index (χ0n) is 20.9. The van der Waals surface area contributed by atoms with Gasteiger partial charge in [-0.3, -0.25) is 0 Å². The maximum Gasteiger partial charge on any atom is 0.0577 e. The molecule has 172 valence electrons. The lowest BCUT2D eigenvalue weighted by molar-refractivity contribution is -0.0575. The molecule has 4 rings (SSSR count). The van der Waals surface area contributed by atoms with Crippen LogP contribution in [0.1, 0.15) is 112 Å². The Labute approximate surface area is 187 Å². The van der Waals surface area contributed by atoms with Gasteiger partial charge in [0.25, 0.3) is 0 Å². The summed E-state index contributed by atoms with van der Waals surface area (Å²) < 4.78 is 0. The van der Waals surface area contributed by atoms with Crippen molar-refractivity contribution in [2.45, 2.75) is 118 Å². The molecular formula is C29H50O. The summed E-state index contributed by atoms with van der Waals surface area (Å²) in [7, 11) is 0. The molecule has 1 unspecified atom stereocenters. The molecule has 1 N–H and O–H groups in total. The highest BCUT2D eigenvalue weighted by Crippen LogP contribution is 2.67. The molecule has 1 nitrogen and oxygen atoms in total. The van der Waals surface area contributed by atoms with E-state index >= 15 is 0 Å². The van der Waals surface area contributed by atoms with Crippen molar-refractivity contribution in [1.29, 1.82) is 0 Å². The van der Waals surface area contributed by atoms with Gasteiger partial charge in [0.15, 0.2) is 0 Å². The molecule has 4 aliphatic rings. The van der Waals surface area contributed by atoms with Crippen LogP contribution in [0, 0.1) is 52.3 Å². The number of hydrogen-bond acceptors (Lipinski definition) is 1. The average Bonchev–Trinajstić information content (AvgIpc) is 3.06. The summed E-state index contributed by atoms with van der Waals surface area (Å²) in [5.74, 6) is 6.31. The molecule has 4 aliphatic carbocycles. The van der Waals surface area contributed by atoms with Gasteiger partial charge < -0.3 is 5.11 Å². The second-order valence-electron chi connectivity index (χ2n) is 12.9. The van der Waals surface area contributed by atoms with E-state index in [-0.39, 0.29) is 6.10 Å². The minimum absolute atomic E-state index is 0.0794. The Morgan fingerprint density at radius 3 is 2.47 bits per heavy atom. The number of hydrogen-bond donors (Lipinski definition) is 1. The summed E-state index contributed by atoms with van der Waals surface area (Å²) in [5.41, 5.74) is 2.59. The van der Waals surface area contributed by atoms with Crippen molar-refractivity contribution < 1.29 is 5.11 Å². The van der Waals surface area contributed by atoms with E-state index in [1.165, 1.54) is 57.8 Å². The van der Waals surface area contributed by atoms with Gasteiger partial charge >= 0.3 is 0 Å². The number of aliphatic hydroxyl groups excluding tert-OH is 1. The van der Waals surface area contributed by atoms with E-state index in [1.54, 1.807) is 5.57 Å². The first-order valence-corrected chi connectivity index (χ1v) is 13.6. The van der Waals surface area contributed by atoms with Gasteiger partial charge in [-0.05, 0) is 110 Å². The van der Waals surface area contributed by atoms with Gasteiger partial charge in [-0.25, -0.2) is 0 Å². The summed E-state index contributed by atoms with van der Waals surface area (Å²) >= 11 is 0. The number of allylic oxidation sites excluding steroid dienone is 1. The minimum atomic E-state index is -0.0794. The van der Waals surface area contributed by atoms with Crippen LogP contribution < -0.4 is 0 Å². The van der Waals surface area contributed by atoms with Gasteiger partial charge in [-0.2, -0.15) is 0 Å². The minimum Gasteiger partial charge on any atom is -0.393 e. The molecule has 0 spiro atoms. The fourth-order valence-corrected chi connectivity index (χ4v) is 9.30. The Hall–Kier alpha value is -0.300. The molecule has 0 radical (unpaired) electrons. The van der Waals surface area contributed by atoms with Crippen molar-refractivity contribution in [2.24, 2.45) is 52.3 Å². The molecule has 3 saturated carbocycles. The second-order valence-corrected chi connectivity index (χ2v) is 12.9. The molecule has 0 saturated heterocycles. The van der Waals surface area contributed by atoms with Crippen molar-refractivity contribution in [3.05, 3.63) is 11.6 Å². The zero-order valence-corrected chi connectivity index (χ0v) is 20.9. The second kappa shape index (κ2) is 8.57. The molecule has 10 atom stereocenters. The number of aliphatic hydroxyl groups is 1. The van der Waals surface area contributed by atoms with Crippen LogP contribution in [0.15, 0.2) is 11.6 Å². The summed E-state index contributed by atoms with van der Waals surface area (Å²) in [4.78, 5) is 0. The van der Waals surface area contributed by atoms with E-state index in [2.05, 4.69) is 47.6 Å². The normalized spacial score (nSPS) is 46.2. The lowest BCUT2D eigenvalue weighted by Gasteiger charge is -2.58. The standard InChI is InChI=1S/C29H50O/c1-7-21(19(2)3)9-8-20(4)25-12-13-26-24-11-10-22-18-23(30)14-16-28(22,5)27(24)15-17-29(25,26)6/h10,19-21,23-27,30H,7-9,11-18H2,1-6H3/t20-,21+,23+,24+,25-,26+,27+,28+,29-/m1/s1/i2+1/t19?,20-,21+,23+,24+,25-,26+,27+,28+,29-. The molecular weight excluding hydrogens is 365 g/mol. The fraction of sp³-hybridized carbons (Fsp3) is 0.931. The molecule has 1 heteroatoms. The molecule has 0 aliphatic heterocycles. The van der Waals surface area contributed by atoms with Crippen LogP contribution in [0.5, 0.6) is 0 Å². The van der Waals surface area contributed by atoms with Gasteiger partial charge in [0, 0.05) is 0 Å². The lowest BCUT2D eigenvalue weighted by Crippen LogP contribution is -2.50. The Morgan fingerprint density at radius 1 is 1.00 bits per heavy atom. The predicted octanol–water partition coefficient (Wildman–Crippen LogP) is 8.02. The molecule has 30 heavy (non-hydrogen) atoms. The summed E-state index contributed by atoms with van der Waals surface area (Å²) in [6.07, 6.45) is 17.1. The van der Waals surface area contributed by atoms with Crippen molar-refractivity contribution >= 4 is 0 Å². The Balaban J connectivity index is 1.47. The highest BCUT2D eigenvalue weighted by molar-refractivity contribution is 5.25. The number of rotatable bonds is 6. The molecule has 3 fully saturated rings. The van der Waals surface area contributed by atoms with E-state index in [4.69, 9.17) is 0 Å². The SMILES string of the molecule is CC[C@@H](CC[C@@H](C)[C@H]1CC[C@H]2[C@@H]3CC=C4C[C@@H](O)CC[C@]4(C)[C@H]3CC[C@]12C)C(C)[13CH3]. The highest BCUT2D eigenvalue weighted by atomic mass is 16.3. The Bertz CT molecular complexity index is 634. The summed E-state index contributed by atoms with van der Waals surface area (Å²) in [6.45, 7) is 15.1. The van der Waals surface area contributed by atoms with Crippen LogP contribution in [0.25, 0.3) is 0 Å². The third-order valence-corrected chi connectivity index (χ3v) is 11.3. The van der Waals surface area contributed by atoms with E-state index < -0.39 is 0 Å². The summed E-state index contributed by atoms with van der Waals surface area (Å²) in [5, 5.41) is 10.2. The monoisotopic (exact) mass is 415 g/mol. The molecule has 0 heterocycles. The topological polar surface area (TPSA) is 20.2 Å². The van der Waals surface area contributed by atoms with Crippen LogP contribution in [-0.2, 0) is 0 Å². The third kappa shape index (κ3) is 3.74. The maximum absolute atomic E-state index is 10.2. The van der Waals surface area contributed by atoms with Crippen LogP contribution in [0.2, 0.25) is 0 Å². The van der Waals surface area contributed by atoms with Gasteiger partial charge in [-0.15, -0.1) is 0 Å². The van der Waals surface area contributed by atoms with Gasteiger partial charge in [0.1, 0.15) is 0 Å². The van der Waals surface area contributed by atoms with Crippen LogP contribution in [0.4, 0.5) is 0 Å². The smallest absolute Gasteiger partial charge is 0.0577 e. The largest absolute Gasteiger partial charge is 0.393 e. The first kappa shape index (κ1) is 22.9. The summed E-state index contributed by atoms with van der Waals surface area (Å²) in [6, 6.07) is 0. The Morgan fingerprint density at radius 2 is 1.77 bits per heavy atom. The molecule has 0 bridgehead atoms. The third-order valence-electron chi connectivity index (χ3n) is 11.3. The zero-order chi connectivity index (χ0) is 21.7. The lowest BCUT2D eigenvalue weighted by atomic mass is 9.47. The quantitative estimate of drug-likeness (QED) is 0.344. The molecule has 0 aromatic rings. The molecule has 0 aromatic carbocycles. The predicted molar refractivity (Wildman–Crippen MR) is 128 cm³/mol. The first-order chi connectivity index (χ1) is 14.2. The van der Waals surface area contributed by atoms with Crippen LogP contribution in [-0.4, -0.2) is 11.2 Å². The van der Waals surface area contributed by atoms with E-state index in [1.807, 2.05) is 0 Å². The van der Waals surface area contributed by atoms with E-state index in [9.17, 15) is 5.11 Å². The van der Waals surface area contributed by atoms with Crippen molar-refractivity contribution in [1.82, 2.24) is 0 Å². The van der Waals surface area contributed by atoms with Gasteiger partial charge in [0.05, 0.1) is 6.10 Å². The van der Waals surface area contributed by atoms with Crippen LogP contribution >= 0.6 is 0 Å². The van der Waals surface area contributed by atoms with Gasteiger partial charge in [-0.1, -0.05) is 66.0 Å². The molecule has 0 aromatic heterocycles. The highest BCUT2D eigenvalue weighted by Gasteiger charge is 2.59. The first-order valence-electron chi connectivity index (χ1n) is 13.6. The molecule has 0 amide bonds. The average molecular weight is 416 g/mol. The van der Waals surface area contributed by atoms with E-state index in [0.717, 1.165) is 54.3 Å². The van der Waals surface area contributed by atoms with Crippen molar-refractivity contribution in [3.8, 4) is 0 Å². The van der Waals surface area contributed by atoms with E-state index in [0.29, 0.717) is 10.8 Å². The van der Waals surface area contributed by atoms with Gasteiger partial charge in [0.2, 0.25) is 0 Å². The van der Waals surface area contributed by atoms with Crippen molar-refractivity contribution in [2.75, 3.05) is 0 Å². The van der Waals surface area contributed by atoms with Crippen LogP contribution in [0.3, 0.4) is 0 Å². The Kier molecular flexibility index (Phi) is 6.53. The maximum atomic E-state index is 10.2. The van der Waals surface area contributed by atoms with Crippen molar-refractivity contribution in [3.63, 3.8) is 0 Å².